The number of benzene rings is 1. The number of carbonyl (C=O) groups is 3. The summed E-state index contributed by atoms with van der Waals surface area (Å²) in [6.45, 7) is 3.91. The molecule has 0 aromatic heterocycles. The molecule has 124 valence electrons. The molecule has 23 heavy (non-hydrogen) atoms. The van der Waals surface area contributed by atoms with E-state index in [1.807, 2.05) is 6.07 Å². The van der Waals surface area contributed by atoms with E-state index < -0.39 is 11.3 Å². The second-order valence-electron chi connectivity index (χ2n) is 5.12. The van der Waals surface area contributed by atoms with E-state index in [-0.39, 0.29) is 24.1 Å². The SMILES string of the molecule is CCNC(=O)[C@H](C)NC(=O)C[C@H]1Sc2ccc(Cl)cc2NC1=O. The molecule has 0 unspecified atom stereocenters. The maximum Gasteiger partial charge on any atom is 0.242 e. The van der Waals surface area contributed by atoms with Gasteiger partial charge in [0, 0.05) is 22.9 Å². The molecule has 0 spiro atoms. The number of hydrogen-bond acceptors (Lipinski definition) is 4. The van der Waals surface area contributed by atoms with E-state index in [0.29, 0.717) is 17.3 Å². The lowest BCUT2D eigenvalue weighted by Gasteiger charge is -2.24. The zero-order valence-electron chi connectivity index (χ0n) is 12.8. The van der Waals surface area contributed by atoms with Gasteiger partial charge in [0.1, 0.15) is 6.04 Å². The van der Waals surface area contributed by atoms with Crippen LogP contribution in [-0.2, 0) is 14.4 Å². The number of amides is 3. The van der Waals surface area contributed by atoms with Crippen molar-refractivity contribution >= 4 is 46.8 Å². The van der Waals surface area contributed by atoms with Gasteiger partial charge in [0.15, 0.2) is 0 Å². The summed E-state index contributed by atoms with van der Waals surface area (Å²) in [5, 5.41) is 7.98. The number of fused-ring (bicyclic) bond motifs is 1. The number of hydrogen-bond donors (Lipinski definition) is 3. The van der Waals surface area contributed by atoms with Crippen molar-refractivity contribution in [2.24, 2.45) is 0 Å². The van der Waals surface area contributed by atoms with Gasteiger partial charge in [-0.1, -0.05) is 11.6 Å². The highest BCUT2D eigenvalue weighted by Gasteiger charge is 2.29. The van der Waals surface area contributed by atoms with Crippen molar-refractivity contribution < 1.29 is 14.4 Å². The fraction of sp³-hybridized carbons (Fsp3) is 0.400. The smallest absolute Gasteiger partial charge is 0.242 e. The highest BCUT2D eigenvalue weighted by molar-refractivity contribution is 8.01. The Labute approximate surface area is 143 Å². The summed E-state index contributed by atoms with van der Waals surface area (Å²) in [4.78, 5) is 36.6. The zero-order valence-corrected chi connectivity index (χ0v) is 14.4. The Bertz CT molecular complexity index is 638. The maximum absolute atomic E-state index is 12.1. The van der Waals surface area contributed by atoms with Crippen LogP contribution in [0.1, 0.15) is 20.3 Å². The van der Waals surface area contributed by atoms with Gasteiger partial charge in [0.25, 0.3) is 0 Å². The fourth-order valence-corrected chi connectivity index (χ4v) is 3.38. The minimum atomic E-state index is -0.634. The number of carbonyl (C=O) groups excluding carboxylic acids is 3. The lowest BCUT2D eigenvalue weighted by Crippen LogP contribution is -2.46. The maximum atomic E-state index is 12.1. The van der Waals surface area contributed by atoms with Crippen LogP contribution in [0.25, 0.3) is 0 Å². The van der Waals surface area contributed by atoms with Crippen LogP contribution in [0.15, 0.2) is 23.1 Å². The number of rotatable bonds is 5. The third-order valence-electron chi connectivity index (χ3n) is 3.25. The quantitative estimate of drug-likeness (QED) is 0.751. The molecule has 1 aliphatic rings. The van der Waals surface area contributed by atoms with Crippen LogP contribution in [0.3, 0.4) is 0 Å². The van der Waals surface area contributed by atoms with Crippen molar-refractivity contribution in [1.29, 1.82) is 0 Å². The molecule has 6 nitrogen and oxygen atoms in total. The average Bonchev–Trinajstić information content (AvgIpc) is 2.48. The van der Waals surface area contributed by atoms with Crippen LogP contribution in [0.4, 0.5) is 5.69 Å². The van der Waals surface area contributed by atoms with Crippen molar-refractivity contribution in [1.82, 2.24) is 10.6 Å². The van der Waals surface area contributed by atoms with Crippen LogP contribution in [0.2, 0.25) is 5.02 Å². The Morgan fingerprint density at radius 2 is 2.17 bits per heavy atom. The fourth-order valence-electron chi connectivity index (χ4n) is 2.12. The van der Waals surface area contributed by atoms with Crippen molar-refractivity contribution in [2.75, 3.05) is 11.9 Å². The summed E-state index contributed by atoms with van der Waals surface area (Å²) in [7, 11) is 0. The number of thioether (sulfide) groups is 1. The summed E-state index contributed by atoms with van der Waals surface area (Å²) in [5.41, 5.74) is 0.653. The lowest BCUT2D eigenvalue weighted by atomic mass is 10.2. The molecule has 2 rings (SSSR count). The molecule has 1 heterocycles. The van der Waals surface area contributed by atoms with E-state index in [4.69, 9.17) is 11.6 Å². The molecule has 0 aliphatic carbocycles. The normalized spacial score (nSPS) is 17.7. The molecule has 8 heteroatoms. The number of likely N-dealkylation sites (N-methyl/N-ethyl adjacent to an activating group) is 1. The van der Waals surface area contributed by atoms with Gasteiger partial charge in [-0.2, -0.15) is 0 Å². The predicted octanol–water partition coefficient (Wildman–Crippen LogP) is 1.78. The monoisotopic (exact) mass is 355 g/mol. The molecule has 0 fully saturated rings. The first-order valence-corrected chi connectivity index (χ1v) is 8.50. The van der Waals surface area contributed by atoms with Crippen molar-refractivity contribution in [3.63, 3.8) is 0 Å². The Kier molecular flexibility index (Phi) is 5.90. The van der Waals surface area contributed by atoms with Crippen LogP contribution in [0, 0.1) is 0 Å². The Morgan fingerprint density at radius 3 is 2.87 bits per heavy atom. The van der Waals surface area contributed by atoms with E-state index in [2.05, 4.69) is 16.0 Å². The molecular weight excluding hydrogens is 338 g/mol. The van der Waals surface area contributed by atoms with Gasteiger partial charge in [-0.25, -0.2) is 0 Å². The van der Waals surface area contributed by atoms with Gasteiger partial charge >= 0.3 is 0 Å². The highest BCUT2D eigenvalue weighted by Crippen LogP contribution is 2.38. The molecule has 3 amide bonds. The Morgan fingerprint density at radius 1 is 1.43 bits per heavy atom. The van der Waals surface area contributed by atoms with E-state index in [1.165, 1.54) is 11.8 Å². The van der Waals surface area contributed by atoms with E-state index in [9.17, 15) is 14.4 Å². The number of anilines is 1. The Balaban J connectivity index is 1.95. The summed E-state index contributed by atoms with van der Waals surface area (Å²) in [6, 6.07) is 4.59. The van der Waals surface area contributed by atoms with Gasteiger partial charge < -0.3 is 16.0 Å². The third-order valence-corrected chi connectivity index (χ3v) is 4.76. The van der Waals surface area contributed by atoms with E-state index in [1.54, 1.807) is 26.0 Å². The molecule has 0 saturated carbocycles. The summed E-state index contributed by atoms with van der Waals surface area (Å²) in [5.74, 6) is -0.832. The van der Waals surface area contributed by atoms with E-state index >= 15 is 0 Å². The summed E-state index contributed by atoms with van der Waals surface area (Å²) < 4.78 is 0. The minimum absolute atomic E-state index is 0.00229. The highest BCUT2D eigenvalue weighted by atomic mass is 35.5. The first-order valence-electron chi connectivity index (χ1n) is 7.25. The zero-order chi connectivity index (χ0) is 17.0. The van der Waals surface area contributed by atoms with Crippen molar-refractivity contribution in [3.8, 4) is 0 Å². The summed E-state index contributed by atoms with van der Waals surface area (Å²) in [6.07, 6.45) is 0.00229. The van der Waals surface area contributed by atoms with Crippen molar-refractivity contribution in [2.45, 2.75) is 36.5 Å². The minimum Gasteiger partial charge on any atom is -0.355 e. The molecule has 3 N–H and O–H groups in total. The van der Waals surface area contributed by atoms with Gasteiger partial charge in [0.05, 0.1) is 10.9 Å². The second-order valence-corrected chi connectivity index (χ2v) is 6.81. The molecular formula is C15H18ClN3O3S. The standard InChI is InChI=1S/C15H18ClN3O3S/c1-3-17-14(21)8(2)18-13(20)7-12-15(22)19-10-6-9(16)4-5-11(10)23-12/h4-6,8,12H,3,7H2,1-2H3,(H,17,21)(H,18,20)(H,19,22)/t8-,12+/m0/s1. The van der Waals surface area contributed by atoms with Crippen molar-refractivity contribution in [3.05, 3.63) is 23.2 Å². The average molecular weight is 356 g/mol. The number of nitrogens with one attached hydrogen (secondary N) is 3. The molecule has 1 aromatic rings. The predicted molar refractivity (Wildman–Crippen MR) is 90.6 cm³/mol. The van der Waals surface area contributed by atoms with E-state index in [0.717, 1.165) is 4.90 Å². The van der Waals surface area contributed by atoms with Crippen LogP contribution < -0.4 is 16.0 Å². The lowest BCUT2D eigenvalue weighted by molar-refractivity contribution is -0.129. The first kappa shape index (κ1) is 17.6. The van der Waals surface area contributed by atoms with Gasteiger partial charge in [-0.15, -0.1) is 11.8 Å². The topological polar surface area (TPSA) is 87.3 Å². The van der Waals surface area contributed by atoms with Gasteiger partial charge in [-0.05, 0) is 32.0 Å². The molecule has 0 bridgehead atoms. The van der Waals surface area contributed by atoms with Gasteiger partial charge in [0.2, 0.25) is 17.7 Å². The second kappa shape index (κ2) is 7.70. The largest absolute Gasteiger partial charge is 0.355 e. The first-order chi connectivity index (χ1) is 10.9. The molecule has 0 radical (unpaired) electrons. The third kappa shape index (κ3) is 4.62. The number of halogens is 1. The Hall–Kier alpha value is -1.73. The molecule has 2 atom stereocenters. The summed E-state index contributed by atoms with van der Waals surface area (Å²) >= 11 is 7.21. The molecule has 1 aromatic carbocycles. The van der Waals surface area contributed by atoms with Crippen LogP contribution >= 0.6 is 23.4 Å². The van der Waals surface area contributed by atoms with Crippen LogP contribution in [-0.4, -0.2) is 35.6 Å². The molecule has 0 saturated heterocycles. The van der Waals surface area contributed by atoms with Crippen LogP contribution in [0.5, 0.6) is 0 Å². The van der Waals surface area contributed by atoms with Gasteiger partial charge in [-0.3, -0.25) is 14.4 Å². The molecule has 1 aliphatic heterocycles.